The summed E-state index contributed by atoms with van der Waals surface area (Å²) in [6.07, 6.45) is 1.17. The zero-order valence-electron chi connectivity index (χ0n) is 8.30. The average Bonchev–Trinajstić information content (AvgIpc) is 1.95. The summed E-state index contributed by atoms with van der Waals surface area (Å²) in [5.74, 6) is 0. The van der Waals surface area contributed by atoms with Crippen LogP contribution < -0.4 is 0 Å². The van der Waals surface area contributed by atoms with Crippen LogP contribution in [0, 0.1) is 6.92 Å². The van der Waals surface area contributed by atoms with Crippen molar-refractivity contribution in [2.75, 3.05) is 0 Å². The van der Waals surface area contributed by atoms with Crippen LogP contribution in [0.2, 0.25) is 5.28 Å². The van der Waals surface area contributed by atoms with Crippen LogP contribution in [0.3, 0.4) is 0 Å². The van der Waals surface area contributed by atoms with Crippen molar-refractivity contribution in [3.63, 3.8) is 0 Å². The van der Waals surface area contributed by atoms with Gasteiger partial charge in [0.25, 0.3) is 0 Å². The zero-order valence-corrected chi connectivity index (χ0v) is 7.46. The third kappa shape index (κ3) is 2.17. The minimum atomic E-state index is 0. The van der Waals surface area contributed by atoms with Gasteiger partial charge in [0.05, 0.1) is 0 Å². The maximum Gasteiger partial charge on any atom is -1.00 e. The fraction of sp³-hybridized carbons (Fsp3) is 0.333. The van der Waals surface area contributed by atoms with E-state index in [4.69, 9.17) is 0 Å². The molecule has 0 heterocycles. The van der Waals surface area contributed by atoms with Gasteiger partial charge in [0, 0.05) is 0 Å². The van der Waals surface area contributed by atoms with Gasteiger partial charge in [0.15, 0.2) is 0 Å². The van der Waals surface area contributed by atoms with E-state index in [0.717, 1.165) is 5.28 Å². The Balaban J connectivity index is 0. The predicted octanol–water partition coefficient (Wildman–Crippen LogP) is 2.35. The molecular formula is C9H13Al. The Morgan fingerprint density at radius 1 is 1.30 bits per heavy atom. The molecule has 0 N–H and O–H groups in total. The predicted molar refractivity (Wildman–Crippen MR) is 47.7 cm³/mol. The van der Waals surface area contributed by atoms with Crippen molar-refractivity contribution in [3.05, 3.63) is 35.4 Å². The molecule has 0 radical (unpaired) electrons. The van der Waals surface area contributed by atoms with E-state index in [9.17, 15) is 0 Å². The van der Waals surface area contributed by atoms with E-state index in [1.54, 1.807) is 0 Å². The molecular weight excluding hydrogens is 135 g/mol. The normalized spacial score (nSPS) is 9.90. The summed E-state index contributed by atoms with van der Waals surface area (Å²) < 4.78 is 0. The number of hydrogen-bond acceptors (Lipinski definition) is 0. The molecule has 1 rings (SSSR count). The van der Waals surface area contributed by atoms with Crippen LogP contribution in [0.25, 0.3) is 0 Å². The molecule has 0 bridgehead atoms. The minimum absolute atomic E-state index is 0. The van der Waals surface area contributed by atoms with E-state index in [1.807, 2.05) is 0 Å². The quantitative estimate of drug-likeness (QED) is 0.565. The first-order valence-electron chi connectivity index (χ1n) is 3.58. The maximum atomic E-state index is 2.74. The van der Waals surface area contributed by atoms with Crippen LogP contribution in [0.4, 0.5) is 0 Å². The Morgan fingerprint density at radius 3 is 2.40 bits per heavy atom. The Morgan fingerprint density at radius 2 is 1.90 bits per heavy atom. The first-order chi connectivity index (χ1) is 4.83. The van der Waals surface area contributed by atoms with Crippen LogP contribution in [-0.4, -0.2) is 16.3 Å². The number of hydrogen-bond donors (Lipinski definition) is 0. The third-order valence-corrected chi connectivity index (χ3v) is 1.84. The van der Waals surface area contributed by atoms with E-state index in [0.29, 0.717) is 0 Å². The van der Waals surface area contributed by atoms with Crippen molar-refractivity contribution >= 4 is 16.3 Å². The van der Waals surface area contributed by atoms with Gasteiger partial charge in [-0.2, -0.15) is 0 Å². The Bertz CT molecular complexity index is 196. The molecule has 0 aromatic heterocycles. The standard InChI is InChI=1S/C9H11.Al.2H/c1-3-9-6-4-8(2)5-7-9;;;/h4-7H,1,3H2,2H3;;;/q;+2;2*-1. The molecule has 0 aliphatic heterocycles. The second kappa shape index (κ2) is 3.81. The molecule has 1 heteroatoms. The van der Waals surface area contributed by atoms with Crippen LogP contribution >= 0.6 is 0 Å². The van der Waals surface area contributed by atoms with Gasteiger partial charge in [-0.25, -0.2) is 0 Å². The molecule has 0 spiro atoms. The smallest absolute Gasteiger partial charge is 1.00 e. The molecule has 0 aliphatic rings. The molecule has 10 heavy (non-hydrogen) atoms. The van der Waals surface area contributed by atoms with Crippen molar-refractivity contribution in [2.24, 2.45) is 0 Å². The van der Waals surface area contributed by atoms with E-state index >= 15 is 0 Å². The summed E-state index contributed by atoms with van der Waals surface area (Å²) in [4.78, 5) is 0. The van der Waals surface area contributed by atoms with Crippen molar-refractivity contribution in [3.8, 4) is 0 Å². The van der Waals surface area contributed by atoms with Gasteiger partial charge in [0.2, 0.25) is 0 Å². The van der Waals surface area contributed by atoms with Crippen molar-refractivity contribution in [1.29, 1.82) is 0 Å². The van der Waals surface area contributed by atoms with Gasteiger partial charge in [0.1, 0.15) is 0 Å². The molecule has 0 fully saturated rings. The zero-order chi connectivity index (χ0) is 7.40. The summed E-state index contributed by atoms with van der Waals surface area (Å²) >= 11 is 2.74. The minimum Gasteiger partial charge on any atom is -1.00 e. The summed E-state index contributed by atoms with van der Waals surface area (Å²) in [5, 5.41) is 1.16. The largest absolute Gasteiger partial charge is 1.00 e. The van der Waals surface area contributed by atoms with Gasteiger partial charge in [-0.05, 0) is 0 Å². The molecule has 1 aromatic rings. The van der Waals surface area contributed by atoms with Gasteiger partial charge in [-0.15, -0.1) is 0 Å². The maximum absolute atomic E-state index is 2.74. The topological polar surface area (TPSA) is 0 Å². The summed E-state index contributed by atoms with van der Waals surface area (Å²) in [6.45, 7) is 2.12. The van der Waals surface area contributed by atoms with E-state index in [1.165, 1.54) is 17.5 Å². The Hall–Kier alpha value is -0.248. The second-order valence-corrected chi connectivity index (χ2v) is 3.10. The molecule has 0 atom stereocenters. The van der Waals surface area contributed by atoms with E-state index in [-0.39, 0.29) is 2.85 Å². The first-order valence-corrected chi connectivity index (χ1v) is 4.40. The average molecular weight is 148 g/mol. The first kappa shape index (κ1) is 7.86. The van der Waals surface area contributed by atoms with Gasteiger partial charge in [-0.3, -0.25) is 0 Å². The summed E-state index contributed by atoms with van der Waals surface area (Å²) in [7, 11) is 0. The fourth-order valence-corrected chi connectivity index (χ4v) is 1.25. The van der Waals surface area contributed by atoms with Crippen LogP contribution in [-0.2, 0) is 6.42 Å². The molecule has 0 unspecified atom stereocenters. The van der Waals surface area contributed by atoms with Crippen LogP contribution in [0.1, 0.15) is 14.0 Å². The number of rotatable bonds is 2. The SMILES string of the molecule is Cc1ccc(C[CH2][Al+2])cc1.[H-].[H-]. The van der Waals surface area contributed by atoms with Gasteiger partial charge in [-0.1, -0.05) is 0 Å². The van der Waals surface area contributed by atoms with Crippen LogP contribution in [0.5, 0.6) is 0 Å². The van der Waals surface area contributed by atoms with Gasteiger partial charge >= 0.3 is 70.3 Å². The molecule has 0 nitrogen and oxygen atoms in total. The van der Waals surface area contributed by atoms with Crippen molar-refractivity contribution in [1.82, 2.24) is 0 Å². The summed E-state index contributed by atoms with van der Waals surface area (Å²) in [6, 6.07) is 8.71. The summed E-state index contributed by atoms with van der Waals surface area (Å²) in [5.41, 5.74) is 2.77. The van der Waals surface area contributed by atoms with Crippen LogP contribution in [0.15, 0.2) is 24.3 Å². The Labute approximate surface area is 73.7 Å². The molecule has 0 amide bonds. The fourth-order valence-electron chi connectivity index (χ4n) is 0.921. The molecule has 0 saturated heterocycles. The number of aryl methyl sites for hydroxylation is 2. The second-order valence-electron chi connectivity index (χ2n) is 2.52. The van der Waals surface area contributed by atoms with Crippen molar-refractivity contribution in [2.45, 2.75) is 18.6 Å². The van der Waals surface area contributed by atoms with E-state index < -0.39 is 0 Å². The third-order valence-electron chi connectivity index (χ3n) is 1.55. The molecule has 1 aromatic carbocycles. The van der Waals surface area contributed by atoms with E-state index in [2.05, 4.69) is 47.5 Å². The van der Waals surface area contributed by atoms with Gasteiger partial charge < -0.3 is 2.85 Å². The Kier molecular flexibility index (Phi) is 2.99. The molecule has 0 aliphatic carbocycles. The molecule has 52 valence electrons. The monoisotopic (exact) mass is 148 g/mol. The van der Waals surface area contributed by atoms with Crippen molar-refractivity contribution < 1.29 is 2.85 Å². The molecule has 0 saturated carbocycles. The number of benzene rings is 1.